The first-order chi connectivity index (χ1) is 8.43. The van der Waals surface area contributed by atoms with Crippen LogP contribution < -0.4 is 5.56 Å². The van der Waals surface area contributed by atoms with Gasteiger partial charge in [0.2, 0.25) is 5.92 Å². The molecular weight excluding hydrogens is 357 g/mol. The highest BCUT2D eigenvalue weighted by atomic mass is 127. The molecule has 100 valence electrons. The average molecular weight is 370 g/mol. The molecule has 18 heavy (non-hydrogen) atoms. The highest BCUT2D eigenvalue weighted by Gasteiger charge is 2.41. The molecule has 1 atom stereocenters. The molecule has 2 rings (SSSR count). The summed E-state index contributed by atoms with van der Waals surface area (Å²) in [7, 11) is 1.50. The fraction of sp³-hybridized carbons (Fsp3) is 0.636. The van der Waals surface area contributed by atoms with Crippen molar-refractivity contribution in [1.29, 1.82) is 0 Å². The number of methoxy groups -OCH3 is 1. The summed E-state index contributed by atoms with van der Waals surface area (Å²) in [5.41, 5.74) is 0.218. The molecule has 1 aliphatic rings. The van der Waals surface area contributed by atoms with E-state index in [0.717, 1.165) is 0 Å². The maximum Gasteiger partial charge on any atom is 0.264 e. The normalized spacial score (nSPS) is 22.3. The Hall–Kier alpha value is -0.570. The van der Waals surface area contributed by atoms with Crippen molar-refractivity contribution < 1.29 is 13.5 Å². The molecule has 1 unspecified atom stereocenters. The molecular formula is C11H13F2IN2O2. The molecule has 0 saturated heterocycles. The van der Waals surface area contributed by atoms with Crippen LogP contribution in [-0.2, 0) is 11.3 Å². The molecule has 1 N–H and O–H groups in total. The van der Waals surface area contributed by atoms with Gasteiger partial charge in [0, 0.05) is 25.9 Å². The van der Waals surface area contributed by atoms with E-state index in [2.05, 4.69) is 9.97 Å². The number of hydrogen-bond acceptors (Lipinski definition) is 3. The van der Waals surface area contributed by atoms with Crippen LogP contribution in [0.25, 0.3) is 0 Å². The molecule has 4 nitrogen and oxygen atoms in total. The summed E-state index contributed by atoms with van der Waals surface area (Å²) in [4.78, 5) is 18.5. The van der Waals surface area contributed by atoms with Gasteiger partial charge in [0.1, 0.15) is 9.39 Å². The summed E-state index contributed by atoms with van der Waals surface area (Å²) in [6.07, 6.45) is -0.0428. The fourth-order valence-corrected chi connectivity index (χ4v) is 2.54. The third-order valence-corrected chi connectivity index (χ3v) is 4.13. The van der Waals surface area contributed by atoms with Gasteiger partial charge in [0.05, 0.1) is 12.3 Å². The van der Waals surface area contributed by atoms with E-state index < -0.39 is 5.92 Å². The van der Waals surface area contributed by atoms with Gasteiger partial charge in [0.25, 0.3) is 5.56 Å². The lowest BCUT2D eigenvalue weighted by molar-refractivity contribution is 0.00751. The lowest BCUT2D eigenvalue weighted by Crippen LogP contribution is -2.20. The topological polar surface area (TPSA) is 55.0 Å². The Morgan fingerprint density at radius 3 is 2.89 bits per heavy atom. The molecule has 1 aromatic heterocycles. The lowest BCUT2D eigenvalue weighted by atomic mass is 10.1. The van der Waals surface area contributed by atoms with Gasteiger partial charge in [-0.05, 0) is 29.0 Å². The van der Waals surface area contributed by atoms with Gasteiger partial charge in [0.15, 0.2) is 0 Å². The van der Waals surface area contributed by atoms with Crippen molar-refractivity contribution in [2.24, 2.45) is 0 Å². The number of H-pyrrole nitrogens is 1. The van der Waals surface area contributed by atoms with E-state index >= 15 is 0 Å². The second-order valence-corrected chi connectivity index (χ2v) is 5.52. The van der Waals surface area contributed by atoms with Crippen molar-refractivity contribution in [3.05, 3.63) is 25.4 Å². The molecule has 0 aliphatic heterocycles. The Morgan fingerprint density at radius 2 is 2.33 bits per heavy atom. The Labute approximate surface area is 116 Å². The van der Waals surface area contributed by atoms with E-state index in [1.807, 2.05) is 22.6 Å². The zero-order valence-corrected chi connectivity index (χ0v) is 12.0. The largest absolute Gasteiger partial charge is 0.378 e. The number of hydrogen-bond donors (Lipinski definition) is 1. The van der Waals surface area contributed by atoms with E-state index in [0.29, 0.717) is 21.5 Å². The van der Waals surface area contributed by atoms with Crippen LogP contribution in [0.15, 0.2) is 4.79 Å². The Morgan fingerprint density at radius 1 is 1.61 bits per heavy atom. The average Bonchev–Trinajstić information content (AvgIpc) is 2.65. The molecule has 0 spiro atoms. The molecule has 1 fully saturated rings. The van der Waals surface area contributed by atoms with E-state index in [-0.39, 0.29) is 30.9 Å². The van der Waals surface area contributed by atoms with Crippen molar-refractivity contribution in [3.63, 3.8) is 0 Å². The highest BCUT2D eigenvalue weighted by Crippen LogP contribution is 2.42. The first kappa shape index (κ1) is 13.9. The first-order valence-electron chi connectivity index (χ1n) is 5.58. The van der Waals surface area contributed by atoms with Gasteiger partial charge < -0.3 is 9.72 Å². The minimum atomic E-state index is -2.65. The summed E-state index contributed by atoms with van der Waals surface area (Å²) in [5.74, 6) is -2.67. The number of halogens is 3. The number of nitrogens with one attached hydrogen (secondary N) is 1. The second-order valence-electron chi connectivity index (χ2n) is 4.44. The fourth-order valence-electron chi connectivity index (χ4n) is 2.13. The smallest absolute Gasteiger partial charge is 0.264 e. The van der Waals surface area contributed by atoms with Crippen molar-refractivity contribution in [1.82, 2.24) is 9.97 Å². The molecule has 1 heterocycles. The van der Waals surface area contributed by atoms with Crippen LogP contribution in [0.1, 0.15) is 36.7 Å². The molecule has 0 amide bonds. The highest BCUT2D eigenvalue weighted by molar-refractivity contribution is 14.1. The molecule has 1 saturated carbocycles. The first-order valence-corrected chi connectivity index (χ1v) is 6.66. The van der Waals surface area contributed by atoms with Crippen molar-refractivity contribution in [2.45, 2.75) is 37.7 Å². The van der Waals surface area contributed by atoms with Crippen LogP contribution in [0.5, 0.6) is 0 Å². The molecule has 0 radical (unpaired) electrons. The zero-order valence-electron chi connectivity index (χ0n) is 9.80. The van der Waals surface area contributed by atoms with E-state index in [9.17, 15) is 13.6 Å². The molecule has 1 aromatic rings. The number of aromatic amines is 1. The number of rotatable bonds is 3. The predicted octanol–water partition coefficient (Wildman–Crippen LogP) is 2.42. The monoisotopic (exact) mass is 370 g/mol. The quantitative estimate of drug-likeness (QED) is 0.832. The number of alkyl halides is 2. The minimum absolute atomic E-state index is 0.146. The van der Waals surface area contributed by atoms with Crippen LogP contribution in [0.3, 0.4) is 0 Å². The van der Waals surface area contributed by atoms with Crippen molar-refractivity contribution >= 4 is 22.6 Å². The van der Waals surface area contributed by atoms with Crippen LogP contribution >= 0.6 is 22.6 Å². The predicted molar refractivity (Wildman–Crippen MR) is 69.8 cm³/mol. The molecule has 1 aliphatic carbocycles. The van der Waals surface area contributed by atoms with Crippen LogP contribution in [0.2, 0.25) is 0 Å². The van der Waals surface area contributed by atoms with Crippen LogP contribution in [-0.4, -0.2) is 23.0 Å². The van der Waals surface area contributed by atoms with Crippen molar-refractivity contribution in [2.75, 3.05) is 7.11 Å². The van der Waals surface area contributed by atoms with Gasteiger partial charge in [-0.25, -0.2) is 13.8 Å². The molecule has 0 bridgehead atoms. The second kappa shape index (κ2) is 5.20. The van der Waals surface area contributed by atoms with Gasteiger partial charge in [-0.1, -0.05) is 0 Å². The Kier molecular flexibility index (Phi) is 4.00. The molecule has 7 heteroatoms. The maximum atomic E-state index is 13.2. The zero-order chi connectivity index (χ0) is 13.3. The summed E-state index contributed by atoms with van der Waals surface area (Å²) in [6, 6.07) is 0. The minimum Gasteiger partial charge on any atom is -0.378 e. The lowest BCUT2D eigenvalue weighted by Gasteiger charge is -2.12. The third-order valence-electron chi connectivity index (χ3n) is 3.02. The van der Waals surface area contributed by atoms with E-state index in [4.69, 9.17) is 4.74 Å². The summed E-state index contributed by atoms with van der Waals surface area (Å²) >= 11 is 1.88. The van der Waals surface area contributed by atoms with Crippen LogP contribution in [0, 0.1) is 3.57 Å². The standard InChI is InChI=1S/C11H13F2IN2O2/c1-18-5-7-8(14)10(17)16-9(15-7)6-2-3-11(12,13)4-6/h6H,2-5H2,1H3,(H,15,16,17). The summed E-state index contributed by atoms with van der Waals surface area (Å²) in [5, 5.41) is 0. The summed E-state index contributed by atoms with van der Waals surface area (Å²) < 4.78 is 31.7. The third kappa shape index (κ3) is 2.87. The van der Waals surface area contributed by atoms with Crippen LogP contribution in [0.4, 0.5) is 8.78 Å². The maximum absolute atomic E-state index is 13.2. The number of nitrogens with zero attached hydrogens (tertiary/aromatic N) is 1. The van der Waals surface area contributed by atoms with E-state index in [1.54, 1.807) is 0 Å². The van der Waals surface area contributed by atoms with Gasteiger partial charge in [-0.3, -0.25) is 4.79 Å². The van der Waals surface area contributed by atoms with Gasteiger partial charge in [-0.2, -0.15) is 0 Å². The number of ether oxygens (including phenoxy) is 1. The SMILES string of the molecule is COCc1nc(C2CCC(F)(F)C2)[nH]c(=O)c1I. The molecule has 0 aromatic carbocycles. The van der Waals surface area contributed by atoms with Crippen molar-refractivity contribution in [3.8, 4) is 0 Å². The van der Waals surface area contributed by atoms with Gasteiger partial charge in [-0.15, -0.1) is 0 Å². The van der Waals surface area contributed by atoms with Gasteiger partial charge >= 0.3 is 0 Å². The Balaban J connectivity index is 2.32. The summed E-state index contributed by atoms with van der Waals surface area (Å²) in [6.45, 7) is 0.207. The van der Waals surface area contributed by atoms with E-state index in [1.165, 1.54) is 7.11 Å². The Bertz CT molecular complexity index is 504. The number of aromatic nitrogens is 2.